The Bertz CT molecular complexity index is 685. The van der Waals surface area contributed by atoms with Crippen molar-refractivity contribution in [3.8, 4) is 0 Å². The van der Waals surface area contributed by atoms with E-state index in [-0.39, 0.29) is 30.2 Å². The molecule has 26 heavy (non-hydrogen) atoms. The maximum absolute atomic E-state index is 12.5. The van der Waals surface area contributed by atoms with E-state index in [1.54, 1.807) is 0 Å². The van der Waals surface area contributed by atoms with Crippen molar-refractivity contribution in [2.75, 3.05) is 26.2 Å². The van der Waals surface area contributed by atoms with Crippen LogP contribution in [0.15, 0.2) is 24.3 Å². The first-order valence-electron chi connectivity index (χ1n) is 9.65. The van der Waals surface area contributed by atoms with Gasteiger partial charge in [0.15, 0.2) is 0 Å². The number of nitrogens with one attached hydrogen (secondary N) is 1. The molecule has 0 aliphatic carbocycles. The highest BCUT2D eigenvalue weighted by Crippen LogP contribution is 2.29. The van der Waals surface area contributed by atoms with Gasteiger partial charge in [0.05, 0.1) is 6.04 Å². The molecule has 2 amide bonds. The molecule has 6 heteroatoms. The molecule has 3 aliphatic rings. The number of carbonyl (C=O) groups excluding carboxylic acids is 2. The van der Waals surface area contributed by atoms with Gasteiger partial charge in [-0.2, -0.15) is 0 Å². The van der Waals surface area contributed by atoms with Gasteiger partial charge < -0.3 is 15.0 Å². The van der Waals surface area contributed by atoms with Gasteiger partial charge in [-0.15, -0.1) is 0 Å². The minimum absolute atomic E-state index is 0.00325. The Balaban J connectivity index is 1.28. The van der Waals surface area contributed by atoms with Gasteiger partial charge in [-0.3, -0.25) is 9.69 Å². The van der Waals surface area contributed by atoms with Crippen molar-refractivity contribution < 1.29 is 14.3 Å². The third-order valence-corrected chi connectivity index (χ3v) is 5.87. The van der Waals surface area contributed by atoms with Crippen LogP contribution in [0.3, 0.4) is 0 Å². The normalized spacial score (nSPS) is 26.1. The number of likely N-dealkylation sites (tertiary alicyclic amines) is 1. The second-order valence-corrected chi connectivity index (χ2v) is 7.66. The zero-order valence-electron chi connectivity index (χ0n) is 15.3. The molecule has 6 nitrogen and oxygen atoms in total. The lowest BCUT2D eigenvalue weighted by molar-refractivity contribution is -0.132. The van der Waals surface area contributed by atoms with E-state index in [4.69, 9.17) is 4.74 Å². The second kappa shape index (κ2) is 7.27. The van der Waals surface area contributed by atoms with E-state index in [0.29, 0.717) is 6.42 Å². The van der Waals surface area contributed by atoms with Crippen molar-refractivity contribution in [1.29, 1.82) is 0 Å². The number of hydrogen-bond acceptors (Lipinski definition) is 4. The fourth-order valence-electron chi connectivity index (χ4n) is 4.45. The van der Waals surface area contributed by atoms with Crippen LogP contribution >= 0.6 is 0 Å². The number of ether oxygens (including phenoxy) is 1. The number of rotatable bonds is 4. The van der Waals surface area contributed by atoms with Crippen molar-refractivity contribution >= 4 is 12.0 Å². The Hall–Kier alpha value is -2.08. The first-order valence-corrected chi connectivity index (χ1v) is 9.65. The topological polar surface area (TPSA) is 61.9 Å². The van der Waals surface area contributed by atoms with Crippen LogP contribution in [-0.2, 0) is 16.0 Å². The van der Waals surface area contributed by atoms with E-state index in [1.165, 1.54) is 11.1 Å². The monoisotopic (exact) mass is 357 g/mol. The smallest absolute Gasteiger partial charge is 0.410 e. The zero-order valence-corrected chi connectivity index (χ0v) is 15.3. The van der Waals surface area contributed by atoms with E-state index < -0.39 is 0 Å². The molecule has 3 heterocycles. The molecule has 4 rings (SSSR count). The van der Waals surface area contributed by atoms with E-state index >= 15 is 0 Å². The maximum atomic E-state index is 12.5. The molecule has 0 bridgehead atoms. The fourth-order valence-corrected chi connectivity index (χ4v) is 4.45. The van der Waals surface area contributed by atoms with Gasteiger partial charge >= 0.3 is 6.09 Å². The molecular weight excluding hydrogens is 330 g/mol. The summed E-state index contributed by atoms with van der Waals surface area (Å²) >= 11 is 0. The van der Waals surface area contributed by atoms with Gasteiger partial charge in [0.25, 0.3) is 0 Å². The number of amides is 2. The molecule has 0 radical (unpaired) electrons. The lowest BCUT2D eigenvalue weighted by Crippen LogP contribution is -2.51. The van der Waals surface area contributed by atoms with Crippen molar-refractivity contribution in [3.63, 3.8) is 0 Å². The van der Waals surface area contributed by atoms with Crippen molar-refractivity contribution in [2.24, 2.45) is 0 Å². The first-order chi connectivity index (χ1) is 12.6. The van der Waals surface area contributed by atoms with Gasteiger partial charge in [0.1, 0.15) is 6.10 Å². The molecule has 0 aromatic heterocycles. The highest BCUT2D eigenvalue weighted by molar-refractivity contribution is 5.76. The fraction of sp³-hybridized carbons (Fsp3) is 0.600. The Morgan fingerprint density at radius 1 is 1.27 bits per heavy atom. The predicted octanol–water partition coefficient (Wildman–Crippen LogP) is 1.71. The largest absolute Gasteiger partial charge is 0.442 e. The van der Waals surface area contributed by atoms with Crippen LogP contribution in [0.25, 0.3) is 0 Å². The summed E-state index contributed by atoms with van der Waals surface area (Å²) in [6, 6.07) is 8.70. The number of fused-ring (bicyclic) bond motifs is 1. The third-order valence-electron chi connectivity index (χ3n) is 5.87. The molecule has 0 unspecified atom stereocenters. The Labute approximate surface area is 154 Å². The van der Waals surface area contributed by atoms with Crippen LogP contribution in [0.4, 0.5) is 4.79 Å². The van der Waals surface area contributed by atoms with Gasteiger partial charge in [0, 0.05) is 38.6 Å². The Kier molecular flexibility index (Phi) is 4.85. The summed E-state index contributed by atoms with van der Waals surface area (Å²) in [7, 11) is 0. The van der Waals surface area contributed by atoms with Crippen LogP contribution in [-0.4, -0.2) is 66.2 Å². The van der Waals surface area contributed by atoms with Crippen LogP contribution in [0.1, 0.15) is 30.4 Å². The van der Waals surface area contributed by atoms with E-state index in [9.17, 15) is 9.59 Å². The maximum Gasteiger partial charge on any atom is 0.410 e. The quantitative estimate of drug-likeness (QED) is 0.891. The summed E-state index contributed by atoms with van der Waals surface area (Å²) in [5, 5.41) is 3.29. The molecule has 3 fully saturated rings. The molecule has 2 atom stereocenters. The van der Waals surface area contributed by atoms with Gasteiger partial charge in [-0.1, -0.05) is 29.8 Å². The highest BCUT2D eigenvalue weighted by atomic mass is 16.6. The summed E-state index contributed by atoms with van der Waals surface area (Å²) in [5.74, 6) is 0.217. The van der Waals surface area contributed by atoms with Crippen LogP contribution in [0.5, 0.6) is 0 Å². The summed E-state index contributed by atoms with van der Waals surface area (Å²) in [6.07, 6.45) is 2.84. The SMILES string of the molecule is Cc1cccc(CCC(=O)N2CCC(N3C(=O)O[C@H]4CNC[C@H]43)CC2)c1. The Morgan fingerprint density at radius 2 is 2.08 bits per heavy atom. The molecule has 1 N–H and O–H groups in total. The van der Waals surface area contributed by atoms with Gasteiger partial charge in [0.2, 0.25) is 5.91 Å². The second-order valence-electron chi connectivity index (χ2n) is 7.66. The molecule has 1 aromatic carbocycles. The molecule has 0 saturated carbocycles. The number of carbonyl (C=O) groups is 2. The van der Waals surface area contributed by atoms with Gasteiger partial charge in [-0.05, 0) is 31.7 Å². The van der Waals surface area contributed by atoms with E-state index in [2.05, 4.69) is 30.4 Å². The summed E-state index contributed by atoms with van der Waals surface area (Å²) in [6.45, 7) is 5.09. The first kappa shape index (κ1) is 17.3. The zero-order chi connectivity index (χ0) is 18.1. The average molecular weight is 357 g/mol. The average Bonchev–Trinajstić information content (AvgIpc) is 3.20. The van der Waals surface area contributed by atoms with E-state index in [1.807, 2.05) is 15.9 Å². The summed E-state index contributed by atoms with van der Waals surface area (Å²) in [5.41, 5.74) is 2.45. The molecule has 0 spiro atoms. The Morgan fingerprint density at radius 3 is 2.85 bits per heavy atom. The summed E-state index contributed by atoms with van der Waals surface area (Å²) in [4.78, 5) is 28.6. The minimum Gasteiger partial charge on any atom is -0.442 e. The van der Waals surface area contributed by atoms with Crippen molar-refractivity contribution in [1.82, 2.24) is 15.1 Å². The lowest BCUT2D eigenvalue weighted by atomic mass is 10.0. The van der Waals surface area contributed by atoms with E-state index in [0.717, 1.165) is 45.4 Å². The van der Waals surface area contributed by atoms with Crippen molar-refractivity contribution in [2.45, 2.75) is 50.8 Å². The summed E-state index contributed by atoms with van der Waals surface area (Å²) < 4.78 is 5.47. The number of benzene rings is 1. The molecule has 140 valence electrons. The number of hydrogen-bond donors (Lipinski definition) is 1. The van der Waals surface area contributed by atoms with Crippen molar-refractivity contribution in [3.05, 3.63) is 35.4 Å². The van der Waals surface area contributed by atoms with Crippen LogP contribution < -0.4 is 5.32 Å². The third kappa shape index (κ3) is 3.43. The standard InChI is InChI=1S/C20H27N3O3/c1-14-3-2-4-15(11-14)5-6-19(24)22-9-7-16(8-10-22)23-17-12-21-13-18(17)26-20(23)25/h2-4,11,16-18,21H,5-10,12-13H2,1H3/t17-,18+/m1/s1. The van der Waals surface area contributed by atoms with Crippen LogP contribution in [0, 0.1) is 6.92 Å². The molecule has 1 aromatic rings. The number of piperidine rings is 1. The predicted molar refractivity (Wildman–Crippen MR) is 97.9 cm³/mol. The van der Waals surface area contributed by atoms with Crippen LogP contribution in [0.2, 0.25) is 0 Å². The minimum atomic E-state index is -0.175. The van der Waals surface area contributed by atoms with Gasteiger partial charge in [-0.25, -0.2) is 4.79 Å². The number of aryl methyl sites for hydroxylation is 2. The molecule has 3 saturated heterocycles. The molecular formula is C20H27N3O3. The lowest BCUT2D eigenvalue weighted by Gasteiger charge is -2.37. The molecule has 3 aliphatic heterocycles. The highest BCUT2D eigenvalue weighted by Gasteiger charge is 2.48. The number of nitrogens with zero attached hydrogens (tertiary/aromatic N) is 2.